The molecule has 1 aliphatic carbocycles. The van der Waals surface area contributed by atoms with Crippen LogP contribution in [0.25, 0.3) is 0 Å². The molecule has 6 heteroatoms. The molecule has 0 N–H and O–H groups in total. The highest BCUT2D eigenvalue weighted by Gasteiger charge is 2.55. The van der Waals surface area contributed by atoms with Crippen LogP contribution in [0.1, 0.15) is 25.7 Å². The van der Waals surface area contributed by atoms with E-state index in [4.69, 9.17) is 0 Å². The molecule has 0 amide bonds. The van der Waals surface area contributed by atoms with Crippen LogP contribution >= 0.6 is 15.9 Å². The summed E-state index contributed by atoms with van der Waals surface area (Å²) in [6.07, 6.45) is -3.97. The largest absolute Gasteiger partial charge is 0.451 e. The van der Waals surface area contributed by atoms with Crippen molar-refractivity contribution in [2.75, 3.05) is 0 Å². The molecule has 0 aliphatic heterocycles. The molecule has 0 heterocycles. The van der Waals surface area contributed by atoms with E-state index in [2.05, 4.69) is 15.9 Å². The minimum Gasteiger partial charge on any atom is -0.298 e. The minimum atomic E-state index is -4.95. The molecule has 0 bridgehead atoms. The molecule has 0 aromatic heterocycles. The number of ketones is 2. The monoisotopic (exact) mass is 272 g/mol. The molecule has 0 radical (unpaired) electrons. The Kier molecular flexibility index (Phi) is 3.04. The zero-order valence-corrected chi connectivity index (χ0v) is 8.74. The second-order valence-corrected chi connectivity index (χ2v) is 4.61. The Hall–Kier alpha value is -0.390. The molecule has 1 rings (SSSR count). The van der Waals surface area contributed by atoms with E-state index in [-0.39, 0.29) is 12.8 Å². The van der Waals surface area contributed by atoms with Crippen molar-refractivity contribution in [3.63, 3.8) is 0 Å². The summed E-state index contributed by atoms with van der Waals surface area (Å²) in [4.78, 5) is 22.2. The van der Waals surface area contributed by atoms with Crippen LogP contribution in [0.4, 0.5) is 13.2 Å². The molecule has 1 aliphatic rings. The van der Waals surface area contributed by atoms with Gasteiger partial charge in [-0.15, -0.1) is 0 Å². The molecule has 0 saturated heterocycles. The summed E-state index contributed by atoms with van der Waals surface area (Å²) in [5.41, 5.74) is 0. The Balaban J connectivity index is 2.93. The van der Waals surface area contributed by atoms with Crippen LogP contribution in [0.3, 0.4) is 0 Å². The molecule has 2 nitrogen and oxygen atoms in total. The number of carbonyl (C=O) groups excluding carboxylic acids is 2. The molecule has 80 valence electrons. The van der Waals surface area contributed by atoms with Gasteiger partial charge in [-0.2, -0.15) is 13.2 Å². The fraction of sp³-hybridized carbons (Fsp3) is 0.750. The number of rotatable bonds is 1. The van der Waals surface area contributed by atoms with Gasteiger partial charge in [-0.05, 0) is 12.8 Å². The van der Waals surface area contributed by atoms with Gasteiger partial charge < -0.3 is 0 Å². The summed E-state index contributed by atoms with van der Waals surface area (Å²) in [6.45, 7) is 0. The average Bonchev–Trinajstić information content (AvgIpc) is 2.07. The number of alkyl halides is 4. The molecule has 1 unspecified atom stereocenters. The Labute approximate surface area is 87.0 Å². The number of halogens is 4. The fourth-order valence-electron chi connectivity index (χ4n) is 1.46. The van der Waals surface area contributed by atoms with E-state index in [9.17, 15) is 22.8 Å². The smallest absolute Gasteiger partial charge is 0.298 e. The second kappa shape index (κ2) is 3.64. The molecule has 0 spiro atoms. The van der Waals surface area contributed by atoms with E-state index in [1.54, 1.807) is 0 Å². The zero-order chi connectivity index (χ0) is 11.0. The number of hydrogen-bond acceptors (Lipinski definition) is 2. The van der Waals surface area contributed by atoms with E-state index >= 15 is 0 Å². The first-order valence-electron chi connectivity index (χ1n) is 4.12. The third kappa shape index (κ3) is 1.99. The van der Waals surface area contributed by atoms with Crippen molar-refractivity contribution in [3.8, 4) is 0 Å². The Morgan fingerprint density at radius 2 is 1.93 bits per heavy atom. The standard InChI is InChI=1S/C8H8BrF3O2/c9-7(6(14)8(10,11)12)4-2-1-3-5(7)13/h1-4H2. The van der Waals surface area contributed by atoms with Gasteiger partial charge in [-0.25, -0.2) is 0 Å². The van der Waals surface area contributed by atoms with Crippen molar-refractivity contribution in [3.05, 3.63) is 0 Å². The summed E-state index contributed by atoms with van der Waals surface area (Å²) >= 11 is 2.64. The molecule has 14 heavy (non-hydrogen) atoms. The predicted octanol–water partition coefficient (Wildman–Crippen LogP) is 2.39. The van der Waals surface area contributed by atoms with Crippen LogP contribution in [0.2, 0.25) is 0 Å². The van der Waals surface area contributed by atoms with Crippen molar-refractivity contribution in [1.82, 2.24) is 0 Å². The highest BCUT2D eigenvalue weighted by Crippen LogP contribution is 2.38. The van der Waals surface area contributed by atoms with E-state index in [1.807, 2.05) is 0 Å². The third-order valence-electron chi connectivity index (χ3n) is 2.23. The zero-order valence-electron chi connectivity index (χ0n) is 7.16. The summed E-state index contributed by atoms with van der Waals surface area (Å²) in [5, 5.41) is 0. The second-order valence-electron chi connectivity index (χ2n) is 3.26. The van der Waals surface area contributed by atoms with Gasteiger partial charge in [0.15, 0.2) is 10.1 Å². The normalized spacial score (nSPS) is 29.0. The number of hydrogen-bond donors (Lipinski definition) is 0. The number of Topliss-reactive ketones (excluding diaryl/α,β-unsaturated/α-hetero) is 2. The van der Waals surface area contributed by atoms with Crippen LogP contribution < -0.4 is 0 Å². The van der Waals surface area contributed by atoms with Crippen molar-refractivity contribution >= 4 is 27.5 Å². The Bertz CT molecular complexity index is 274. The van der Waals surface area contributed by atoms with Crippen LogP contribution in [-0.2, 0) is 9.59 Å². The molecule has 1 fully saturated rings. The lowest BCUT2D eigenvalue weighted by atomic mass is 9.84. The van der Waals surface area contributed by atoms with Crippen molar-refractivity contribution in [2.24, 2.45) is 0 Å². The van der Waals surface area contributed by atoms with Gasteiger partial charge >= 0.3 is 6.18 Å². The van der Waals surface area contributed by atoms with Crippen molar-refractivity contribution < 1.29 is 22.8 Å². The highest BCUT2D eigenvalue weighted by atomic mass is 79.9. The fourth-order valence-corrected chi connectivity index (χ4v) is 2.16. The van der Waals surface area contributed by atoms with Crippen LogP contribution in [0.15, 0.2) is 0 Å². The Morgan fingerprint density at radius 3 is 2.36 bits per heavy atom. The maximum atomic E-state index is 12.1. The lowest BCUT2D eigenvalue weighted by Gasteiger charge is -2.28. The quantitative estimate of drug-likeness (QED) is 0.543. The first kappa shape index (κ1) is 11.7. The summed E-state index contributed by atoms with van der Waals surface area (Å²) in [7, 11) is 0. The van der Waals surface area contributed by atoms with Crippen LogP contribution in [0, 0.1) is 0 Å². The van der Waals surface area contributed by atoms with Gasteiger partial charge in [0.2, 0.25) is 0 Å². The van der Waals surface area contributed by atoms with Crippen molar-refractivity contribution in [1.29, 1.82) is 0 Å². The summed E-state index contributed by atoms with van der Waals surface area (Å²) < 4.78 is 34.4. The van der Waals surface area contributed by atoms with E-state index < -0.39 is 22.1 Å². The van der Waals surface area contributed by atoms with Crippen LogP contribution in [-0.4, -0.2) is 22.1 Å². The summed E-state index contributed by atoms with van der Waals surface area (Å²) in [5.74, 6) is -2.64. The molecule has 1 atom stereocenters. The third-order valence-corrected chi connectivity index (χ3v) is 3.43. The van der Waals surface area contributed by atoms with Gasteiger partial charge in [-0.3, -0.25) is 9.59 Å². The maximum Gasteiger partial charge on any atom is 0.451 e. The summed E-state index contributed by atoms with van der Waals surface area (Å²) in [6, 6.07) is 0. The average molecular weight is 273 g/mol. The molecular weight excluding hydrogens is 265 g/mol. The molecule has 0 aromatic rings. The Morgan fingerprint density at radius 1 is 1.36 bits per heavy atom. The van der Waals surface area contributed by atoms with Gasteiger partial charge in [0.1, 0.15) is 0 Å². The lowest BCUT2D eigenvalue weighted by molar-refractivity contribution is -0.175. The highest BCUT2D eigenvalue weighted by molar-refractivity contribution is 9.10. The van der Waals surface area contributed by atoms with E-state index in [1.165, 1.54) is 0 Å². The first-order valence-corrected chi connectivity index (χ1v) is 4.91. The molecular formula is C8H8BrF3O2. The molecule has 0 aromatic carbocycles. The van der Waals surface area contributed by atoms with E-state index in [0.717, 1.165) is 0 Å². The SMILES string of the molecule is O=C1CCCCC1(Br)C(=O)C(F)(F)F. The van der Waals surface area contributed by atoms with Crippen molar-refractivity contribution in [2.45, 2.75) is 36.2 Å². The molecule has 1 saturated carbocycles. The predicted molar refractivity (Wildman–Crippen MR) is 46.2 cm³/mol. The maximum absolute atomic E-state index is 12.1. The minimum absolute atomic E-state index is 0.0348. The van der Waals surface area contributed by atoms with Gasteiger partial charge in [0.25, 0.3) is 5.78 Å². The van der Waals surface area contributed by atoms with Crippen LogP contribution in [0.5, 0.6) is 0 Å². The van der Waals surface area contributed by atoms with Gasteiger partial charge in [0.05, 0.1) is 0 Å². The van der Waals surface area contributed by atoms with E-state index in [0.29, 0.717) is 12.8 Å². The lowest BCUT2D eigenvalue weighted by Crippen LogP contribution is -2.49. The van der Waals surface area contributed by atoms with Gasteiger partial charge in [0, 0.05) is 6.42 Å². The number of carbonyl (C=O) groups is 2. The van der Waals surface area contributed by atoms with Gasteiger partial charge in [-0.1, -0.05) is 22.4 Å². The topological polar surface area (TPSA) is 34.1 Å². The first-order chi connectivity index (χ1) is 6.28.